The molecule has 3 rings (SSSR count). The molecule has 0 aliphatic heterocycles. The summed E-state index contributed by atoms with van der Waals surface area (Å²) >= 11 is 0. The SMILES string of the molecule is CN=C(NCc1cccc2cccnc12)NCc1ccnn1C.I. The van der Waals surface area contributed by atoms with Crippen molar-refractivity contribution in [1.82, 2.24) is 25.4 Å². The number of para-hydroxylation sites is 1. The van der Waals surface area contributed by atoms with Crippen molar-refractivity contribution in [1.29, 1.82) is 0 Å². The van der Waals surface area contributed by atoms with Gasteiger partial charge < -0.3 is 10.6 Å². The van der Waals surface area contributed by atoms with E-state index in [1.165, 1.54) is 0 Å². The molecular formula is C17H21IN6. The number of pyridine rings is 1. The van der Waals surface area contributed by atoms with Crippen LogP contribution in [-0.4, -0.2) is 27.8 Å². The van der Waals surface area contributed by atoms with Crippen LogP contribution in [0.5, 0.6) is 0 Å². The molecule has 0 unspecified atom stereocenters. The smallest absolute Gasteiger partial charge is 0.191 e. The summed E-state index contributed by atoms with van der Waals surface area (Å²) in [5.41, 5.74) is 3.26. The van der Waals surface area contributed by atoms with Crippen LogP contribution >= 0.6 is 24.0 Å². The predicted molar refractivity (Wildman–Crippen MR) is 107 cm³/mol. The molecule has 0 aliphatic carbocycles. The van der Waals surface area contributed by atoms with E-state index >= 15 is 0 Å². The third kappa shape index (κ3) is 4.22. The number of guanidine groups is 1. The summed E-state index contributed by atoms with van der Waals surface area (Å²) in [5, 5.41) is 11.9. The van der Waals surface area contributed by atoms with E-state index in [-0.39, 0.29) is 24.0 Å². The number of rotatable bonds is 4. The van der Waals surface area contributed by atoms with Gasteiger partial charge in [0.2, 0.25) is 0 Å². The molecule has 6 nitrogen and oxygen atoms in total. The minimum absolute atomic E-state index is 0. The van der Waals surface area contributed by atoms with Gasteiger partial charge in [-0.3, -0.25) is 14.7 Å². The molecule has 2 heterocycles. The largest absolute Gasteiger partial charge is 0.352 e. The monoisotopic (exact) mass is 436 g/mol. The molecule has 3 aromatic rings. The lowest BCUT2D eigenvalue weighted by Gasteiger charge is -2.13. The Labute approximate surface area is 158 Å². The fourth-order valence-corrected chi connectivity index (χ4v) is 2.46. The van der Waals surface area contributed by atoms with Gasteiger partial charge >= 0.3 is 0 Å². The van der Waals surface area contributed by atoms with E-state index in [0.29, 0.717) is 13.1 Å². The van der Waals surface area contributed by atoms with E-state index < -0.39 is 0 Å². The molecule has 2 N–H and O–H groups in total. The van der Waals surface area contributed by atoms with Gasteiger partial charge in [0.1, 0.15) is 0 Å². The molecule has 7 heteroatoms. The minimum Gasteiger partial charge on any atom is -0.352 e. The maximum Gasteiger partial charge on any atom is 0.191 e. The van der Waals surface area contributed by atoms with Gasteiger partial charge in [0.25, 0.3) is 0 Å². The molecule has 24 heavy (non-hydrogen) atoms. The summed E-state index contributed by atoms with van der Waals surface area (Å²) in [6, 6.07) is 12.2. The highest BCUT2D eigenvalue weighted by atomic mass is 127. The van der Waals surface area contributed by atoms with E-state index in [0.717, 1.165) is 28.1 Å². The van der Waals surface area contributed by atoms with Crippen LogP contribution < -0.4 is 10.6 Å². The first-order valence-electron chi connectivity index (χ1n) is 7.52. The fourth-order valence-electron chi connectivity index (χ4n) is 2.46. The Bertz CT molecular complexity index is 821. The van der Waals surface area contributed by atoms with E-state index in [4.69, 9.17) is 0 Å². The van der Waals surface area contributed by atoms with E-state index in [1.54, 1.807) is 13.2 Å². The van der Waals surface area contributed by atoms with Crippen LogP contribution in [0, 0.1) is 0 Å². The number of fused-ring (bicyclic) bond motifs is 1. The van der Waals surface area contributed by atoms with Crippen molar-refractivity contribution in [2.45, 2.75) is 13.1 Å². The van der Waals surface area contributed by atoms with Gasteiger partial charge in [-0.1, -0.05) is 24.3 Å². The lowest BCUT2D eigenvalue weighted by atomic mass is 10.1. The Kier molecular flexibility index (Phi) is 6.53. The topological polar surface area (TPSA) is 67.1 Å². The number of aliphatic imine (C=N–C) groups is 1. The van der Waals surface area contributed by atoms with Crippen LogP contribution in [0.2, 0.25) is 0 Å². The third-order valence-corrected chi connectivity index (χ3v) is 3.75. The van der Waals surface area contributed by atoms with Gasteiger partial charge in [-0.2, -0.15) is 5.10 Å². The molecule has 0 bridgehead atoms. The number of benzene rings is 1. The standard InChI is InChI=1S/C17H20N6.HI/c1-18-17(21-12-15-8-10-22-23(15)2)20-11-14-6-3-5-13-7-4-9-19-16(13)14;/h3-10H,11-12H2,1-2H3,(H2,18,20,21);1H. The fraction of sp³-hybridized carbons (Fsp3) is 0.235. The Morgan fingerprint density at radius 1 is 1.08 bits per heavy atom. The number of nitrogens with zero attached hydrogens (tertiary/aromatic N) is 4. The van der Waals surface area contributed by atoms with Crippen molar-refractivity contribution in [2.24, 2.45) is 12.0 Å². The van der Waals surface area contributed by atoms with Crippen LogP contribution in [0.15, 0.2) is 53.8 Å². The molecule has 0 saturated carbocycles. The number of hydrogen-bond donors (Lipinski definition) is 2. The summed E-state index contributed by atoms with van der Waals surface area (Å²) in [7, 11) is 3.69. The molecule has 0 spiro atoms. The normalized spacial score (nSPS) is 11.2. The number of aromatic nitrogens is 3. The second-order valence-corrected chi connectivity index (χ2v) is 5.22. The zero-order chi connectivity index (χ0) is 16.1. The molecule has 0 aliphatic rings. The van der Waals surface area contributed by atoms with Crippen LogP contribution in [0.4, 0.5) is 0 Å². The molecule has 1 aromatic carbocycles. The molecule has 0 radical (unpaired) electrons. The predicted octanol–water partition coefficient (Wildman–Crippen LogP) is 2.45. The molecule has 0 saturated heterocycles. The summed E-state index contributed by atoms with van der Waals surface area (Å²) in [6.07, 6.45) is 3.61. The lowest BCUT2D eigenvalue weighted by Crippen LogP contribution is -2.36. The van der Waals surface area contributed by atoms with Gasteiger partial charge in [-0.15, -0.1) is 24.0 Å². The van der Waals surface area contributed by atoms with E-state index in [2.05, 4.69) is 43.9 Å². The zero-order valence-electron chi connectivity index (χ0n) is 13.7. The molecule has 0 amide bonds. The lowest BCUT2D eigenvalue weighted by molar-refractivity contribution is 0.684. The molecular weight excluding hydrogens is 415 g/mol. The Hall–Kier alpha value is -2.16. The third-order valence-electron chi connectivity index (χ3n) is 3.75. The van der Waals surface area contributed by atoms with Crippen LogP contribution in [0.25, 0.3) is 10.9 Å². The van der Waals surface area contributed by atoms with Gasteiger partial charge in [-0.05, 0) is 17.7 Å². The summed E-state index contributed by atoms with van der Waals surface area (Å²) in [4.78, 5) is 8.73. The van der Waals surface area contributed by atoms with Gasteiger partial charge in [-0.25, -0.2) is 0 Å². The maximum atomic E-state index is 4.47. The number of hydrogen-bond acceptors (Lipinski definition) is 3. The zero-order valence-corrected chi connectivity index (χ0v) is 16.1. The number of halogens is 1. The first-order valence-corrected chi connectivity index (χ1v) is 7.52. The summed E-state index contributed by atoms with van der Waals surface area (Å²) in [5.74, 6) is 0.749. The van der Waals surface area contributed by atoms with Crippen LogP contribution in [-0.2, 0) is 20.1 Å². The quantitative estimate of drug-likeness (QED) is 0.375. The Balaban J connectivity index is 0.00000208. The van der Waals surface area contributed by atoms with Crippen LogP contribution in [0.3, 0.4) is 0 Å². The van der Waals surface area contributed by atoms with Crippen molar-refractivity contribution in [3.8, 4) is 0 Å². The Morgan fingerprint density at radius 2 is 1.88 bits per heavy atom. The highest BCUT2D eigenvalue weighted by Crippen LogP contribution is 2.15. The Morgan fingerprint density at radius 3 is 2.62 bits per heavy atom. The van der Waals surface area contributed by atoms with Crippen molar-refractivity contribution >= 4 is 40.8 Å². The number of nitrogens with one attached hydrogen (secondary N) is 2. The summed E-state index contributed by atoms with van der Waals surface area (Å²) < 4.78 is 1.84. The highest BCUT2D eigenvalue weighted by molar-refractivity contribution is 14.0. The van der Waals surface area contributed by atoms with Crippen molar-refractivity contribution in [2.75, 3.05) is 7.05 Å². The first-order chi connectivity index (χ1) is 11.3. The van der Waals surface area contributed by atoms with E-state index in [1.807, 2.05) is 36.1 Å². The molecule has 0 fully saturated rings. The van der Waals surface area contributed by atoms with Gasteiger partial charge in [0.05, 0.1) is 17.8 Å². The summed E-state index contributed by atoms with van der Waals surface area (Å²) in [6.45, 7) is 1.34. The highest BCUT2D eigenvalue weighted by Gasteiger charge is 2.04. The first kappa shape index (κ1) is 18.2. The van der Waals surface area contributed by atoms with Crippen molar-refractivity contribution in [3.63, 3.8) is 0 Å². The van der Waals surface area contributed by atoms with Crippen molar-refractivity contribution < 1.29 is 0 Å². The van der Waals surface area contributed by atoms with Gasteiger partial charge in [0.15, 0.2) is 5.96 Å². The molecule has 126 valence electrons. The van der Waals surface area contributed by atoms with Gasteiger partial charge in [0, 0.05) is 38.4 Å². The maximum absolute atomic E-state index is 4.47. The average Bonchev–Trinajstić information content (AvgIpc) is 3.00. The molecule has 0 atom stereocenters. The number of aryl methyl sites for hydroxylation is 1. The second-order valence-electron chi connectivity index (χ2n) is 5.22. The average molecular weight is 436 g/mol. The second kappa shape index (κ2) is 8.62. The van der Waals surface area contributed by atoms with Crippen LogP contribution in [0.1, 0.15) is 11.3 Å². The minimum atomic E-state index is 0. The molecule has 2 aromatic heterocycles. The van der Waals surface area contributed by atoms with E-state index in [9.17, 15) is 0 Å². The van der Waals surface area contributed by atoms with Crippen molar-refractivity contribution in [3.05, 3.63) is 60.0 Å².